The average Bonchev–Trinajstić information content (AvgIpc) is 3.09. The van der Waals surface area contributed by atoms with Crippen molar-refractivity contribution in [1.29, 1.82) is 0 Å². The van der Waals surface area contributed by atoms with Crippen LogP contribution in [0.15, 0.2) is 77.5 Å². The first kappa shape index (κ1) is 26.6. The van der Waals surface area contributed by atoms with E-state index in [0.717, 1.165) is 16.0 Å². The number of esters is 1. The van der Waals surface area contributed by atoms with Crippen molar-refractivity contribution in [2.24, 2.45) is 0 Å². The summed E-state index contributed by atoms with van der Waals surface area (Å²) in [5.41, 5.74) is 4.03. The number of aryl methyl sites for hydroxylation is 2. The lowest BCUT2D eigenvalue weighted by molar-refractivity contribution is -0.120. The fourth-order valence-electron chi connectivity index (χ4n) is 3.77. The van der Waals surface area contributed by atoms with Crippen LogP contribution in [0.5, 0.6) is 0 Å². The molecule has 1 heterocycles. The van der Waals surface area contributed by atoms with Crippen molar-refractivity contribution >= 4 is 52.4 Å². The van der Waals surface area contributed by atoms with E-state index >= 15 is 0 Å². The van der Waals surface area contributed by atoms with Crippen LogP contribution >= 0.6 is 11.6 Å². The van der Waals surface area contributed by atoms with Gasteiger partial charge in [0.1, 0.15) is 10.7 Å². The molecule has 2 N–H and O–H groups in total. The van der Waals surface area contributed by atoms with Crippen molar-refractivity contribution in [2.45, 2.75) is 33.8 Å². The Balaban J connectivity index is 1.47. The predicted octanol–water partition coefficient (Wildman–Crippen LogP) is 5.56. The summed E-state index contributed by atoms with van der Waals surface area (Å²) < 4.78 is 5.19. The number of rotatable bonds is 7. The Morgan fingerprint density at radius 1 is 0.842 bits per heavy atom. The number of anilines is 3. The summed E-state index contributed by atoms with van der Waals surface area (Å²) in [6.07, 6.45) is -0.322. The van der Waals surface area contributed by atoms with Crippen LogP contribution < -0.4 is 15.5 Å². The third kappa shape index (κ3) is 5.60. The van der Waals surface area contributed by atoms with Gasteiger partial charge in [-0.15, -0.1) is 0 Å². The molecule has 1 aliphatic rings. The van der Waals surface area contributed by atoms with E-state index in [1.165, 1.54) is 18.2 Å². The average molecular weight is 532 g/mol. The lowest BCUT2D eigenvalue weighted by Crippen LogP contribution is -2.32. The number of hydrogen-bond donors (Lipinski definition) is 2. The number of nitrogens with zero attached hydrogens (tertiary/aromatic N) is 1. The zero-order valence-electron chi connectivity index (χ0n) is 21.3. The highest BCUT2D eigenvalue weighted by molar-refractivity contribution is 6.53. The first-order chi connectivity index (χ1) is 18.0. The van der Waals surface area contributed by atoms with Crippen LogP contribution in [-0.4, -0.2) is 29.8 Å². The second-order valence-corrected chi connectivity index (χ2v) is 9.47. The van der Waals surface area contributed by atoms with Crippen LogP contribution in [0.1, 0.15) is 45.7 Å². The molecule has 194 valence electrons. The van der Waals surface area contributed by atoms with Crippen molar-refractivity contribution in [3.63, 3.8) is 0 Å². The molecule has 9 heteroatoms. The van der Waals surface area contributed by atoms with Crippen molar-refractivity contribution in [3.8, 4) is 0 Å². The SMILES string of the molecule is Cc1ccc(NC(=O)c2ccc(NC3=C(Cl)C(=O)N(c4cccc(C(=O)OC(C)C)c4)C3=O)cc2)cc1C. The Labute approximate surface area is 225 Å². The zero-order valence-corrected chi connectivity index (χ0v) is 22.1. The lowest BCUT2D eigenvalue weighted by Gasteiger charge is -2.16. The first-order valence-corrected chi connectivity index (χ1v) is 12.3. The standard InChI is InChI=1S/C29H26ClN3O5/c1-16(2)38-29(37)20-6-5-7-23(15-20)33-27(35)24(30)25(28(33)36)31-21-12-9-19(10-13-21)26(34)32-22-11-8-17(3)18(4)14-22/h5-16,31H,1-4H3,(H,32,34). The third-order valence-corrected chi connectivity index (χ3v) is 6.24. The summed E-state index contributed by atoms with van der Waals surface area (Å²) in [6, 6.07) is 18.1. The number of amides is 3. The number of hydrogen-bond acceptors (Lipinski definition) is 6. The monoisotopic (exact) mass is 531 g/mol. The molecule has 0 saturated heterocycles. The Hall–Kier alpha value is -4.43. The minimum Gasteiger partial charge on any atom is -0.459 e. The molecular weight excluding hydrogens is 506 g/mol. The van der Waals surface area contributed by atoms with Gasteiger partial charge in [0.2, 0.25) is 0 Å². The molecule has 0 aliphatic carbocycles. The topological polar surface area (TPSA) is 105 Å². The van der Waals surface area contributed by atoms with Gasteiger partial charge in [0.25, 0.3) is 17.7 Å². The van der Waals surface area contributed by atoms with E-state index in [9.17, 15) is 19.2 Å². The van der Waals surface area contributed by atoms with Crippen LogP contribution in [0.3, 0.4) is 0 Å². The first-order valence-electron chi connectivity index (χ1n) is 11.9. The largest absolute Gasteiger partial charge is 0.459 e. The summed E-state index contributed by atoms with van der Waals surface area (Å²) in [6.45, 7) is 7.41. The molecule has 1 aliphatic heterocycles. The van der Waals surface area contributed by atoms with Gasteiger partial charge in [-0.25, -0.2) is 9.69 Å². The van der Waals surface area contributed by atoms with E-state index in [4.69, 9.17) is 16.3 Å². The van der Waals surface area contributed by atoms with Crippen LogP contribution in [0.25, 0.3) is 0 Å². The van der Waals surface area contributed by atoms with E-state index in [0.29, 0.717) is 16.9 Å². The molecule has 38 heavy (non-hydrogen) atoms. The minimum absolute atomic E-state index is 0.112. The number of imide groups is 1. The molecule has 0 saturated carbocycles. The maximum absolute atomic E-state index is 13.1. The van der Waals surface area contributed by atoms with Gasteiger partial charge < -0.3 is 15.4 Å². The molecule has 3 aromatic carbocycles. The molecule has 0 aromatic heterocycles. The van der Waals surface area contributed by atoms with Crippen LogP contribution in [0.2, 0.25) is 0 Å². The van der Waals surface area contributed by atoms with Crippen LogP contribution in [0, 0.1) is 13.8 Å². The number of nitrogens with one attached hydrogen (secondary N) is 2. The van der Waals surface area contributed by atoms with Gasteiger partial charge in [0.15, 0.2) is 0 Å². The summed E-state index contributed by atoms with van der Waals surface area (Å²) in [7, 11) is 0. The molecule has 8 nitrogen and oxygen atoms in total. The van der Waals surface area contributed by atoms with Gasteiger partial charge in [-0.1, -0.05) is 23.7 Å². The van der Waals surface area contributed by atoms with Gasteiger partial charge >= 0.3 is 5.97 Å². The van der Waals surface area contributed by atoms with Gasteiger partial charge in [-0.3, -0.25) is 14.4 Å². The molecule has 0 atom stereocenters. The minimum atomic E-state index is -0.724. The fourth-order valence-corrected chi connectivity index (χ4v) is 3.98. The molecular formula is C29H26ClN3O5. The lowest BCUT2D eigenvalue weighted by atomic mass is 10.1. The Kier molecular flexibility index (Phi) is 7.64. The highest BCUT2D eigenvalue weighted by Gasteiger charge is 2.39. The highest BCUT2D eigenvalue weighted by Crippen LogP contribution is 2.31. The van der Waals surface area contributed by atoms with Crippen molar-refractivity contribution in [3.05, 3.63) is 99.7 Å². The molecule has 0 radical (unpaired) electrons. The Bertz CT molecular complexity index is 1480. The molecule has 3 amide bonds. The predicted molar refractivity (Wildman–Crippen MR) is 146 cm³/mol. The van der Waals surface area contributed by atoms with Gasteiger partial charge in [0.05, 0.1) is 17.4 Å². The van der Waals surface area contributed by atoms with E-state index in [1.807, 2.05) is 32.0 Å². The van der Waals surface area contributed by atoms with Crippen LogP contribution in [0.4, 0.5) is 17.1 Å². The molecule has 0 spiro atoms. The quantitative estimate of drug-likeness (QED) is 0.305. The number of ether oxygens (including phenoxy) is 1. The van der Waals surface area contributed by atoms with E-state index < -0.39 is 17.8 Å². The van der Waals surface area contributed by atoms with Crippen molar-refractivity contribution in [1.82, 2.24) is 0 Å². The van der Waals surface area contributed by atoms with E-state index in [-0.39, 0.29) is 34.0 Å². The summed E-state index contributed by atoms with van der Waals surface area (Å²) >= 11 is 6.23. The molecule has 0 bridgehead atoms. The number of halogens is 1. The van der Waals surface area contributed by atoms with E-state index in [1.54, 1.807) is 44.2 Å². The molecule has 3 aromatic rings. The number of carbonyl (C=O) groups is 4. The normalized spacial score (nSPS) is 13.3. The number of benzene rings is 3. The zero-order chi connectivity index (χ0) is 27.6. The third-order valence-electron chi connectivity index (χ3n) is 5.89. The molecule has 0 fully saturated rings. The molecule has 4 rings (SSSR count). The molecule has 0 unspecified atom stereocenters. The summed E-state index contributed by atoms with van der Waals surface area (Å²) in [5, 5.41) is 5.44. The highest BCUT2D eigenvalue weighted by atomic mass is 35.5. The summed E-state index contributed by atoms with van der Waals surface area (Å²) in [5.74, 6) is -2.25. The smallest absolute Gasteiger partial charge is 0.338 e. The Morgan fingerprint density at radius 3 is 2.18 bits per heavy atom. The van der Waals surface area contributed by atoms with Crippen molar-refractivity contribution < 1.29 is 23.9 Å². The fraction of sp³-hybridized carbons (Fsp3) is 0.172. The van der Waals surface area contributed by atoms with Gasteiger partial charge in [0, 0.05) is 16.9 Å². The second-order valence-electron chi connectivity index (χ2n) is 9.09. The Morgan fingerprint density at radius 2 is 1.53 bits per heavy atom. The second kappa shape index (κ2) is 10.9. The van der Waals surface area contributed by atoms with Crippen molar-refractivity contribution in [2.75, 3.05) is 15.5 Å². The van der Waals surface area contributed by atoms with Gasteiger partial charge in [-0.2, -0.15) is 0 Å². The maximum atomic E-state index is 13.1. The van der Waals surface area contributed by atoms with Crippen LogP contribution in [-0.2, 0) is 14.3 Å². The summed E-state index contributed by atoms with van der Waals surface area (Å²) in [4.78, 5) is 51.8. The maximum Gasteiger partial charge on any atom is 0.338 e. The van der Waals surface area contributed by atoms with E-state index in [2.05, 4.69) is 10.6 Å². The number of carbonyl (C=O) groups excluding carboxylic acids is 4. The van der Waals surface area contributed by atoms with Gasteiger partial charge in [-0.05, 0) is 93.4 Å².